The van der Waals surface area contributed by atoms with Gasteiger partial charge in [0.05, 0.1) is 12.5 Å². The maximum atomic E-state index is 13.4. The summed E-state index contributed by atoms with van der Waals surface area (Å²) in [5.41, 5.74) is 0.925. The minimum Gasteiger partial charge on any atom is -0.480 e. The van der Waals surface area contributed by atoms with Crippen molar-refractivity contribution in [3.8, 4) is 5.75 Å². The SMILES string of the molecule is O=CCC(c1ncn(Cc2ccccc2)n1)C(C(=O)O)N(C(=O)c1ccc(OC(F)(F)F)cc1)C1CC1. The Balaban J connectivity index is 1.62. The summed E-state index contributed by atoms with van der Waals surface area (Å²) in [6.45, 7) is 0.372. The molecule has 37 heavy (non-hydrogen) atoms. The second-order valence-electron chi connectivity index (χ2n) is 8.59. The average molecular weight is 516 g/mol. The van der Waals surface area contributed by atoms with E-state index in [4.69, 9.17) is 0 Å². The van der Waals surface area contributed by atoms with Crippen molar-refractivity contribution in [1.29, 1.82) is 0 Å². The molecule has 1 aliphatic rings. The van der Waals surface area contributed by atoms with E-state index in [0.717, 1.165) is 29.8 Å². The number of alkyl halides is 3. The molecule has 1 N–H and O–H groups in total. The molecule has 2 aromatic carbocycles. The molecule has 1 saturated carbocycles. The smallest absolute Gasteiger partial charge is 0.480 e. The number of benzene rings is 2. The van der Waals surface area contributed by atoms with Gasteiger partial charge in [-0.25, -0.2) is 14.5 Å². The molecule has 0 radical (unpaired) electrons. The molecule has 1 aliphatic carbocycles. The number of nitrogens with zero attached hydrogens (tertiary/aromatic N) is 4. The lowest BCUT2D eigenvalue weighted by Gasteiger charge is -2.33. The van der Waals surface area contributed by atoms with Crippen LogP contribution in [0.3, 0.4) is 0 Å². The number of aromatic nitrogens is 3. The molecular formula is C25H23F3N4O5. The van der Waals surface area contributed by atoms with Crippen LogP contribution in [0.25, 0.3) is 0 Å². The van der Waals surface area contributed by atoms with Crippen LogP contribution in [0.1, 0.15) is 46.9 Å². The second-order valence-corrected chi connectivity index (χ2v) is 8.59. The first-order chi connectivity index (χ1) is 17.7. The molecule has 0 saturated heterocycles. The summed E-state index contributed by atoms with van der Waals surface area (Å²) in [7, 11) is 0. The predicted octanol–water partition coefficient (Wildman–Crippen LogP) is 3.66. The summed E-state index contributed by atoms with van der Waals surface area (Å²) in [4.78, 5) is 42.9. The van der Waals surface area contributed by atoms with Gasteiger partial charge in [-0.2, -0.15) is 5.10 Å². The van der Waals surface area contributed by atoms with Crippen molar-refractivity contribution < 1.29 is 37.4 Å². The molecule has 4 rings (SSSR count). The van der Waals surface area contributed by atoms with E-state index < -0.39 is 42.0 Å². The molecule has 1 fully saturated rings. The number of carboxylic acid groups (broad SMARTS) is 1. The Kier molecular flexibility index (Phi) is 7.55. The number of hydrogen-bond donors (Lipinski definition) is 1. The van der Waals surface area contributed by atoms with E-state index in [2.05, 4.69) is 14.8 Å². The number of halogens is 3. The first-order valence-corrected chi connectivity index (χ1v) is 11.4. The van der Waals surface area contributed by atoms with E-state index in [1.807, 2.05) is 30.3 Å². The zero-order valence-corrected chi connectivity index (χ0v) is 19.4. The monoisotopic (exact) mass is 516 g/mol. The van der Waals surface area contributed by atoms with Crippen LogP contribution >= 0.6 is 0 Å². The van der Waals surface area contributed by atoms with Crippen LogP contribution in [0.5, 0.6) is 5.75 Å². The zero-order valence-electron chi connectivity index (χ0n) is 19.4. The minimum absolute atomic E-state index is 0.0138. The van der Waals surface area contributed by atoms with Crippen LogP contribution in [0.4, 0.5) is 13.2 Å². The molecule has 0 bridgehead atoms. The van der Waals surface area contributed by atoms with Gasteiger partial charge in [-0.05, 0) is 42.7 Å². The molecule has 9 nitrogen and oxygen atoms in total. The van der Waals surface area contributed by atoms with E-state index in [1.54, 1.807) is 0 Å². The van der Waals surface area contributed by atoms with Crippen LogP contribution in [-0.4, -0.2) is 61.4 Å². The number of ether oxygens (including phenoxy) is 1. The van der Waals surface area contributed by atoms with Gasteiger partial charge in [0.1, 0.15) is 24.4 Å². The normalized spacial score (nSPS) is 15.0. The number of carbonyl (C=O) groups is 3. The zero-order chi connectivity index (χ0) is 26.6. The maximum absolute atomic E-state index is 13.4. The number of rotatable bonds is 11. The number of hydrogen-bond acceptors (Lipinski definition) is 6. The first-order valence-electron chi connectivity index (χ1n) is 11.4. The topological polar surface area (TPSA) is 115 Å². The quantitative estimate of drug-likeness (QED) is 0.387. The maximum Gasteiger partial charge on any atom is 0.573 e. The van der Waals surface area contributed by atoms with E-state index >= 15 is 0 Å². The Bertz CT molecular complexity index is 1240. The molecule has 194 valence electrons. The van der Waals surface area contributed by atoms with Crippen LogP contribution in [0.15, 0.2) is 60.9 Å². The molecule has 1 amide bonds. The molecule has 0 spiro atoms. The molecule has 1 aromatic heterocycles. The Morgan fingerprint density at radius 3 is 2.38 bits per heavy atom. The lowest BCUT2D eigenvalue weighted by Crippen LogP contribution is -2.50. The number of carboxylic acids is 1. The first kappa shape index (κ1) is 25.9. The van der Waals surface area contributed by atoms with Crippen molar-refractivity contribution in [1.82, 2.24) is 19.7 Å². The van der Waals surface area contributed by atoms with Crippen molar-refractivity contribution >= 4 is 18.2 Å². The molecule has 1 heterocycles. The Hall–Kier alpha value is -4.22. The third-order valence-electron chi connectivity index (χ3n) is 5.87. The third-order valence-corrected chi connectivity index (χ3v) is 5.87. The standard InChI is InChI=1S/C25H23F3N4O5/c26-25(27,28)37-19-10-6-17(7-11-19)23(34)32(18-8-9-18)21(24(35)36)20(12-13-33)22-29-15-31(30-22)14-16-4-2-1-3-5-16/h1-7,10-11,13,15,18,20-21H,8-9,12,14H2,(H,35,36). The van der Waals surface area contributed by atoms with Gasteiger partial charge < -0.3 is 19.5 Å². The van der Waals surface area contributed by atoms with Crippen LogP contribution in [0.2, 0.25) is 0 Å². The van der Waals surface area contributed by atoms with Gasteiger partial charge in [-0.15, -0.1) is 13.2 Å². The summed E-state index contributed by atoms with van der Waals surface area (Å²) in [6, 6.07) is 11.8. The number of carbonyl (C=O) groups excluding carboxylic acids is 2. The summed E-state index contributed by atoms with van der Waals surface area (Å²) in [6.07, 6.45) is -2.05. The summed E-state index contributed by atoms with van der Waals surface area (Å²) < 4.78 is 42.8. The Morgan fingerprint density at radius 1 is 1.14 bits per heavy atom. The van der Waals surface area contributed by atoms with Crippen molar-refractivity contribution in [3.63, 3.8) is 0 Å². The Labute approximate surface area is 209 Å². The molecular weight excluding hydrogens is 493 g/mol. The lowest BCUT2D eigenvalue weighted by molar-refractivity contribution is -0.274. The minimum atomic E-state index is -4.89. The fourth-order valence-electron chi connectivity index (χ4n) is 4.11. The molecule has 2 unspecified atom stereocenters. The average Bonchev–Trinajstić information content (AvgIpc) is 3.58. The van der Waals surface area contributed by atoms with Gasteiger partial charge in [0.2, 0.25) is 0 Å². The van der Waals surface area contributed by atoms with Crippen molar-refractivity contribution in [2.24, 2.45) is 0 Å². The largest absolute Gasteiger partial charge is 0.573 e. The van der Waals surface area contributed by atoms with Crippen molar-refractivity contribution in [2.45, 2.75) is 50.2 Å². The highest BCUT2D eigenvalue weighted by atomic mass is 19.4. The highest BCUT2D eigenvalue weighted by Gasteiger charge is 2.46. The molecule has 12 heteroatoms. The number of aliphatic carboxylic acids is 1. The van der Waals surface area contributed by atoms with Crippen LogP contribution < -0.4 is 4.74 Å². The predicted molar refractivity (Wildman–Crippen MR) is 123 cm³/mol. The number of amides is 1. The van der Waals surface area contributed by atoms with Gasteiger partial charge in [-0.1, -0.05) is 30.3 Å². The van der Waals surface area contributed by atoms with E-state index in [1.165, 1.54) is 15.9 Å². The Morgan fingerprint density at radius 2 is 1.81 bits per heavy atom. The highest BCUT2D eigenvalue weighted by Crippen LogP contribution is 2.36. The van der Waals surface area contributed by atoms with Gasteiger partial charge in [0.25, 0.3) is 5.91 Å². The van der Waals surface area contributed by atoms with Gasteiger partial charge in [-0.3, -0.25) is 4.79 Å². The fraction of sp³-hybridized carbons (Fsp3) is 0.320. The third kappa shape index (κ3) is 6.51. The van der Waals surface area contributed by atoms with Crippen molar-refractivity contribution in [3.05, 3.63) is 77.9 Å². The van der Waals surface area contributed by atoms with Gasteiger partial charge >= 0.3 is 12.3 Å². The van der Waals surface area contributed by atoms with Crippen LogP contribution in [0, 0.1) is 0 Å². The molecule has 0 aliphatic heterocycles. The second kappa shape index (κ2) is 10.8. The van der Waals surface area contributed by atoms with Crippen molar-refractivity contribution in [2.75, 3.05) is 0 Å². The lowest BCUT2D eigenvalue weighted by atomic mass is 9.93. The van der Waals surface area contributed by atoms with Gasteiger partial charge in [0.15, 0.2) is 5.82 Å². The van der Waals surface area contributed by atoms with E-state index in [9.17, 15) is 32.7 Å². The molecule has 2 atom stereocenters. The van der Waals surface area contributed by atoms with E-state index in [-0.39, 0.29) is 17.8 Å². The molecule has 3 aromatic rings. The highest BCUT2D eigenvalue weighted by molar-refractivity contribution is 5.97. The van der Waals surface area contributed by atoms with Crippen LogP contribution in [-0.2, 0) is 16.1 Å². The summed E-state index contributed by atoms with van der Waals surface area (Å²) in [5.74, 6) is -3.48. The van der Waals surface area contributed by atoms with Gasteiger partial charge in [0, 0.05) is 18.0 Å². The van der Waals surface area contributed by atoms with E-state index in [0.29, 0.717) is 25.7 Å². The summed E-state index contributed by atoms with van der Waals surface area (Å²) in [5, 5.41) is 14.6. The summed E-state index contributed by atoms with van der Waals surface area (Å²) >= 11 is 0. The fourth-order valence-corrected chi connectivity index (χ4v) is 4.11. The number of aldehydes is 1.